The van der Waals surface area contributed by atoms with Gasteiger partial charge < -0.3 is 10.1 Å². The number of morpholine rings is 1. The molecule has 94 valence electrons. The van der Waals surface area contributed by atoms with Crippen LogP contribution in [0, 0.1) is 0 Å². The molecule has 1 aliphatic carbocycles. The SMILES string of the molecule is CCC1(CNS(=O)(=O)C2CC2)CNCCO1. The third-order valence-corrected chi connectivity index (χ3v) is 5.23. The van der Waals surface area contributed by atoms with Crippen molar-refractivity contribution in [1.82, 2.24) is 10.0 Å². The van der Waals surface area contributed by atoms with E-state index in [2.05, 4.69) is 10.0 Å². The molecule has 2 rings (SSSR count). The summed E-state index contributed by atoms with van der Waals surface area (Å²) in [7, 11) is -3.09. The summed E-state index contributed by atoms with van der Waals surface area (Å²) in [4.78, 5) is 0. The molecule has 0 amide bonds. The Hall–Kier alpha value is -0.170. The highest BCUT2D eigenvalue weighted by Gasteiger charge is 2.38. The fourth-order valence-corrected chi connectivity index (χ4v) is 3.36. The Morgan fingerprint density at radius 3 is 2.75 bits per heavy atom. The van der Waals surface area contributed by atoms with Crippen LogP contribution in [0.5, 0.6) is 0 Å². The lowest BCUT2D eigenvalue weighted by atomic mass is 10.00. The van der Waals surface area contributed by atoms with Crippen LogP contribution in [0.25, 0.3) is 0 Å². The first-order chi connectivity index (χ1) is 7.58. The van der Waals surface area contributed by atoms with Crippen LogP contribution in [0.15, 0.2) is 0 Å². The van der Waals surface area contributed by atoms with Crippen molar-refractivity contribution in [3.63, 3.8) is 0 Å². The molecule has 1 unspecified atom stereocenters. The van der Waals surface area contributed by atoms with E-state index in [0.29, 0.717) is 13.2 Å². The highest BCUT2D eigenvalue weighted by Crippen LogP contribution is 2.28. The second-order valence-electron chi connectivity index (χ2n) is 4.63. The van der Waals surface area contributed by atoms with Crippen LogP contribution >= 0.6 is 0 Å². The summed E-state index contributed by atoms with van der Waals surface area (Å²) in [6.07, 6.45) is 2.41. The van der Waals surface area contributed by atoms with Crippen LogP contribution in [0.1, 0.15) is 26.2 Å². The van der Waals surface area contributed by atoms with Gasteiger partial charge >= 0.3 is 0 Å². The topological polar surface area (TPSA) is 67.4 Å². The van der Waals surface area contributed by atoms with Gasteiger partial charge in [0.15, 0.2) is 0 Å². The lowest BCUT2D eigenvalue weighted by molar-refractivity contribution is -0.0634. The highest BCUT2D eigenvalue weighted by atomic mass is 32.2. The molecule has 0 radical (unpaired) electrons. The third-order valence-electron chi connectivity index (χ3n) is 3.34. The molecule has 0 aromatic rings. The van der Waals surface area contributed by atoms with Crippen molar-refractivity contribution in [3.05, 3.63) is 0 Å². The van der Waals surface area contributed by atoms with E-state index in [-0.39, 0.29) is 10.9 Å². The van der Waals surface area contributed by atoms with Crippen molar-refractivity contribution in [2.45, 2.75) is 37.0 Å². The maximum atomic E-state index is 11.7. The lowest BCUT2D eigenvalue weighted by Crippen LogP contribution is -2.55. The fourth-order valence-electron chi connectivity index (χ4n) is 1.90. The average molecular weight is 248 g/mol. The zero-order chi connectivity index (χ0) is 11.6. The van der Waals surface area contributed by atoms with Crippen molar-refractivity contribution in [2.24, 2.45) is 0 Å². The van der Waals surface area contributed by atoms with E-state index in [1.165, 1.54) is 0 Å². The zero-order valence-corrected chi connectivity index (χ0v) is 10.5. The summed E-state index contributed by atoms with van der Waals surface area (Å²) in [5.74, 6) is 0. The Morgan fingerprint density at radius 1 is 1.50 bits per heavy atom. The molecule has 6 heteroatoms. The summed E-state index contributed by atoms with van der Waals surface area (Å²) < 4.78 is 31.8. The van der Waals surface area contributed by atoms with Crippen LogP contribution in [-0.2, 0) is 14.8 Å². The molecular weight excluding hydrogens is 228 g/mol. The molecule has 16 heavy (non-hydrogen) atoms. The minimum Gasteiger partial charge on any atom is -0.371 e. The largest absolute Gasteiger partial charge is 0.371 e. The predicted octanol–water partition coefficient (Wildman–Crippen LogP) is -0.163. The summed E-state index contributed by atoms with van der Waals surface area (Å²) >= 11 is 0. The van der Waals surface area contributed by atoms with Crippen molar-refractivity contribution >= 4 is 10.0 Å². The Bertz CT molecular complexity index is 332. The first-order valence-electron chi connectivity index (χ1n) is 5.91. The number of nitrogens with one attached hydrogen (secondary N) is 2. The van der Waals surface area contributed by atoms with Crippen molar-refractivity contribution in [1.29, 1.82) is 0 Å². The fraction of sp³-hybridized carbons (Fsp3) is 1.00. The number of sulfonamides is 1. The maximum absolute atomic E-state index is 11.7. The molecule has 2 aliphatic rings. The number of ether oxygens (including phenoxy) is 1. The Balaban J connectivity index is 1.91. The third kappa shape index (κ3) is 2.74. The van der Waals surface area contributed by atoms with Crippen LogP contribution in [0.2, 0.25) is 0 Å². The minimum absolute atomic E-state index is 0.155. The summed E-state index contributed by atoms with van der Waals surface area (Å²) in [5.41, 5.74) is -0.361. The predicted molar refractivity (Wildman–Crippen MR) is 61.8 cm³/mol. The van der Waals surface area contributed by atoms with Gasteiger partial charge in [0.2, 0.25) is 10.0 Å². The lowest BCUT2D eigenvalue weighted by Gasteiger charge is -2.37. The standard InChI is InChI=1S/C10H20N2O3S/c1-2-10(7-11-5-6-15-10)8-12-16(13,14)9-3-4-9/h9,11-12H,2-8H2,1H3. The molecule has 1 atom stereocenters. The molecule has 0 aromatic heterocycles. The molecule has 0 spiro atoms. The van der Waals surface area contributed by atoms with Gasteiger partial charge in [0, 0.05) is 19.6 Å². The van der Waals surface area contributed by atoms with E-state index in [1.807, 2.05) is 6.92 Å². The normalized spacial score (nSPS) is 31.6. The van der Waals surface area contributed by atoms with Crippen molar-refractivity contribution < 1.29 is 13.2 Å². The van der Waals surface area contributed by atoms with Gasteiger partial charge in [-0.15, -0.1) is 0 Å². The molecule has 5 nitrogen and oxygen atoms in total. The van der Waals surface area contributed by atoms with E-state index in [9.17, 15) is 8.42 Å². The van der Waals surface area contributed by atoms with Crippen molar-refractivity contribution in [3.8, 4) is 0 Å². The smallest absolute Gasteiger partial charge is 0.214 e. The van der Waals surface area contributed by atoms with Gasteiger partial charge in [-0.05, 0) is 19.3 Å². The van der Waals surface area contributed by atoms with Crippen LogP contribution in [0.4, 0.5) is 0 Å². The highest BCUT2D eigenvalue weighted by molar-refractivity contribution is 7.90. The van der Waals surface area contributed by atoms with Gasteiger partial charge in [-0.2, -0.15) is 0 Å². The van der Waals surface area contributed by atoms with E-state index < -0.39 is 10.0 Å². The number of hydrogen-bond donors (Lipinski definition) is 2. The van der Waals surface area contributed by atoms with Crippen LogP contribution < -0.4 is 10.0 Å². The molecule has 1 saturated carbocycles. The molecule has 0 bridgehead atoms. The first-order valence-corrected chi connectivity index (χ1v) is 7.46. The number of rotatable bonds is 5. The zero-order valence-electron chi connectivity index (χ0n) is 9.66. The van der Waals surface area contributed by atoms with E-state index >= 15 is 0 Å². The van der Waals surface area contributed by atoms with Gasteiger partial charge in [0.05, 0.1) is 17.5 Å². The van der Waals surface area contributed by atoms with Crippen LogP contribution in [0.3, 0.4) is 0 Å². The molecular formula is C10H20N2O3S. The summed E-state index contributed by atoms with van der Waals surface area (Å²) in [6.45, 7) is 4.63. The van der Waals surface area contributed by atoms with Gasteiger partial charge in [-0.25, -0.2) is 13.1 Å². The van der Waals surface area contributed by atoms with Crippen molar-refractivity contribution in [2.75, 3.05) is 26.2 Å². The maximum Gasteiger partial charge on any atom is 0.214 e. The molecule has 2 N–H and O–H groups in total. The van der Waals surface area contributed by atoms with Gasteiger partial charge in [-0.1, -0.05) is 6.92 Å². The quantitative estimate of drug-likeness (QED) is 0.709. The molecule has 0 aromatic carbocycles. The molecule has 1 heterocycles. The van der Waals surface area contributed by atoms with Gasteiger partial charge in [-0.3, -0.25) is 0 Å². The van der Waals surface area contributed by atoms with Gasteiger partial charge in [0.25, 0.3) is 0 Å². The van der Waals surface area contributed by atoms with E-state index in [1.54, 1.807) is 0 Å². The molecule has 2 fully saturated rings. The summed E-state index contributed by atoms with van der Waals surface area (Å²) in [6, 6.07) is 0. The summed E-state index contributed by atoms with van der Waals surface area (Å²) in [5, 5.41) is 3.09. The monoisotopic (exact) mass is 248 g/mol. The Labute approximate surface area is 97.0 Å². The Kier molecular flexibility index (Phi) is 3.53. The minimum atomic E-state index is -3.09. The second-order valence-corrected chi connectivity index (χ2v) is 6.67. The molecule has 1 saturated heterocycles. The average Bonchev–Trinajstić information content (AvgIpc) is 3.12. The van der Waals surface area contributed by atoms with Crippen LogP contribution in [-0.4, -0.2) is 45.5 Å². The molecule has 1 aliphatic heterocycles. The number of hydrogen-bond acceptors (Lipinski definition) is 4. The van der Waals surface area contributed by atoms with E-state index in [0.717, 1.165) is 32.4 Å². The first kappa shape index (κ1) is 12.3. The second kappa shape index (κ2) is 4.60. The van der Waals surface area contributed by atoms with Gasteiger partial charge in [0.1, 0.15) is 0 Å². The van der Waals surface area contributed by atoms with E-state index in [4.69, 9.17) is 4.74 Å². The Morgan fingerprint density at radius 2 is 2.25 bits per heavy atom.